The molecule has 0 saturated carbocycles. The Hall–Kier alpha value is -3.48. The van der Waals surface area contributed by atoms with E-state index in [9.17, 15) is 14.9 Å². The van der Waals surface area contributed by atoms with Crippen molar-refractivity contribution in [3.63, 3.8) is 0 Å². The molecule has 128 valence electrons. The highest BCUT2D eigenvalue weighted by Gasteiger charge is 2.08. The summed E-state index contributed by atoms with van der Waals surface area (Å²) in [7, 11) is 0. The van der Waals surface area contributed by atoms with Crippen molar-refractivity contribution in [1.29, 1.82) is 0 Å². The molecule has 2 aromatic rings. The zero-order valence-electron chi connectivity index (χ0n) is 13.7. The molecule has 2 aromatic carbocycles. The van der Waals surface area contributed by atoms with E-state index in [1.165, 1.54) is 18.4 Å². The van der Waals surface area contributed by atoms with Gasteiger partial charge < -0.3 is 5.32 Å². The summed E-state index contributed by atoms with van der Waals surface area (Å²) in [6.45, 7) is 2.04. The maximum Gasteiger partial charge on any atom is 0.276 e. The molecule has 0 unspecified atom stereocenters. The Morgan fingerprint density at radius 1 is 1.20 bits per heavy atom. The molecule has 0 aliphatic heterocycles. The molecule has 2 N–H and O–H groups in total. The van der Waals surface area contributed by atoms with Gasteiger partial charge in [0.2, 0.25) is 0 Å². The Labute approximate surface area is 145 Å². The van der Waals surface area contributed by atoms with Crippen LogP contribution in [-0.2, 0) is 4.79 Å². The third kappa shape index (κ3) is 5.58. The summed E-state index contributed by atoms with van der Waals surface area (Å²) in [6.07, 6.45) is 4.44. The van der Waals surface area contributed by atoms with Crippen molar-refractivity contribution in [1.82, 2.24) is 5.43 Å². The van der Waals surface area contributed by atoms with Gasteiger partial charge in [-0.1, -0.05) is 30.3 Å². The van der Waals surface area contributed by atoms with Crippen LogP contribution in [0.15, 0.2) is 59.7 Å². The SMILES string of the molecule is Cc1ccccc1NCC(=O)N/N=C/C=C/c1ccccc1[N+](=O)[O-]. The molecule has 0 aliphatic rings. The van der Waals surface area contributed by atoms with Gasteiger partial charge in [0.15, 0.2) is 0 Å². The zero-order chi connectivity index (χ0) is 18.1. The van der Waals surface area contributed by atoms with Crippen molar-refractivity contribution in [3.8, 4) is 0 Å². The van der Waals surface area contributed by atoms with E-state index in [-0.39, 0.29) is 18.1 Å². The number of nitrogens with zero attached hydrogens (tertiary/aromatic N) is 2. The van der Waals surface area contributed by atoms with E-state index in [0.717, 1.165) is 11.3 Å². The number of rotatable bonds is 7. The number of amides is 1. The van der Waals surface area contributed by atoms with Gasteiger partial charge in [0.25, 0.3) is 11.6 Å². The summed E-state index contributed by atoms with van der Waals surface area (Å²) >= 11 is 0. The maximum absolute atomic E-state index is 11.7. The molecule has 0 spiro atoms. The lowest BCUT2D eigenvalue weighted by atomic mass is 10.2. The minimum atomic E-state index is -0.449. The van der Waals surface area contributed by atoms with Crippen LogP contribution < -0.4 is 10.7 Å². The number of carbonyl (C=O) groups is 1. The lowest BCUT2D eigenvalue weighted by molar-refractivity contribution is -0.385. The molecular formula is C18H18N4O3. The van der Waals surface area contributed by atoms with Crippen molar-refractivity contribution < 1.29 is 9.72 Å². The first kappa shape index (κ1) is 17.9. The molecule has 7 nitrogen and oxygen atoms in total. The number of hydrogen-bond donors (Lipinski definition) is 2. The van der Waals surface area contributed by atoms with Crippen LogP contribution in [0.25, 0.3) is 6.08 Å². The maximum atomic E-state index is 11.7. The summed E-state index contributed by atoms with van der Waals surface area (Å²) in [5.41, 5.74) is 4.79. The number of hydrogen-bond acceptors (Lipinski definition) is 5. The number of para-hydroxylation sites is 2. The highest BCUT2D eigenvalue weighted by atomic mass is 16.6. The first-order valence-electron chi connectivity index (χ1n) is 7.59. The van der Waals surface area contributed by atoms with Crippen LogP contribution in [-0.4, -0.2) is 23.6 Å². The fourth-order valence-electron chi connectivity index (χ4n) is 2.08. The molecule has 2 rings (SSSR count). The Balaban J connectivity index is 1.82. The number of anilines is 1. The zero-order valence-corrected chi connectivity index (χ0v) is 13.7. The molecule has 0 fully saturated rings. The van der Waals surface area contributed by atoms with Crippen molar-refractivity contribution in [2.75, 3.05) is 11.9 Å². The number of nitro benzene ring substituents is 1. The summed E-state index contributed by atoms with van der Waals surface area (Å²) in [5.74, 6) is -0.293. The third-order valence-electron chi connectivity index (χ3n) is 3.34. The molecule has 0 atom stereocenters. The molecule has 0 bridgehead atoms. The number of nitro groups is 1. The predicted octanol–water partition coefficient (Wildman–Crippen LogP) is 3.13. The van der Waals surface area contributed by atoms with Gasteiger partial charge in [-0.05, 0) is 36.8 Å². The van der Waals surface area contributed by atoms with Crippen LogP contribution in [0, 0.1) is 17.0 Å². The minimum Gasteiger partial charge on any atom is -0.376 e. The quantitative estimate of drug-likeness (QED) is 0.460. The van der Waals surface area contributed by atoms with E-state index >= 15 is 0 Å². The topological polar surface area (TPSA) is 96.6 Å². The van der Waals surface area contributed by atoms with E-state index in [1.807, 2.05) is 31.2 Å². The Kier molecular flexibility index (Phi) is 6.41. The molecule has 1 amide bonds. The predicted molar refractivity (Wildman–Crippen MR) is 98.4 cm³/mol. The summed E-state index contributed by atoms with van der Waals surface area (Å²) in [5, 5.41) is 17.7. The molecule has 0 aliphatic carbocycles. The van der Waals surface area contributed by atoms with Gasteiger partial charge in [0, 0.05) is 18.0 Å². The second kappa shape index (κ2) is 8.97. The van der Waals surface area contributed by atoms with Crippen LogP contribution in [0.2, 0.25) is 0 Å². The van der Waals surface area contributed by atoms with Crippen molar-refractivity contribution in [2.45, 2.75) is 6.92 Å². The van der Waals surface area contributed by atoms with Crippen molar-refractivity contribution in [2.24, 2.45) is 5.10 Å². The average molecular weight is 338 g/mol. The van der Waals surface area contributed by atoms with Crippen LogP contribution >= 0.6 is 0 Å². The first-order chi connectivity index (χ1) is 12.1. The van der Waals surface area contributed by atoms with E-state index in [2.05, 4.69) is 15.8 Å². The number of allylic oxidation sites excluding steroid dienone is 1. The molecule has 0 radical (unpaired) electrons. The van der Waals surface area contributed by atoms with E-state index < -0.39 is 4.92 Å². The van der Waals surface area contributed by atoms with Crippen LogP contribution in [0.4, 0.5) is 11.4 Å². The standard InChI is InChI=1S/C18H18N4O3/c1-14-7-2-4-10-16(14)19-13-18(23)21-20-12-6-9-15-8-3-5-11-17(15)22(24)25/h2-12,19H,13H2,1H3,(H,21,23)/b9-6+,20-12+. The summed E-state index contributed by atoms with van der Waals surface area (Å²) in [6, 6.07) is 14.0. The number of carbonyl (C=O) groups excluding carboxylic acids is 1. The van der Waals surface area contributed by atoms with Gasteiger partial charge in [-0.3, -0.25) is 14.9 Å². The molecule has 25 heavy (non-hydrogen) atoms. The third-order valence-corrected chi connectivity index (χ3v) is 3.34. The van der Waals surface area contributed by atoms with Crippen LogP contribution in [0.5, 0.6) is 0 Å². The van der Waals surface area contributed by atoms with Gasteiger partial charge in [0.1, 0.15) is 0 Å². The van der Waals surface area contributed by atoms with Crippen LogP contribution in [0.1, 0.15) is 11.1 Å². The number of hydrazone groups is 1. The Bertz CT molecular complexity index is 815. The Morgan fingerprint density at radius 3 is 2.68 bits per heavy atom. The second-order valence-electron chi connectivity index (χ2n) is 5.16. The highest BCUT2D eigenvalue weighted by molar-refractivity contribution is 5.84. The van der Waals surface area contributed by atoms with Gasteiger partial charge in [-0.25, -0.2) is 5.43 Å². The fraction of sp³-hybridized carbons (Fsp3) is 0.111. The lowest BCUT2D eigenvalue weighted by Gasteiger charge is -2.07. The number of benzene rings is 2. The van der Waals surface area contributed by atoms with Crippen molar-refractivity contribution >= 4 is 29.6 Å². The van der Waals surface area contributed by atoms with E-state index in [0.29, 0.717) is 5.56 Å². The van der Waals surface area contributed by atoms with Gasteiger partial charge in [-0.15, -0.1) is 0 Å². The average Bonchev–Trinajstić information content (AvgIpc) is 2.61. The normalized spacial score (nSPS) is 10.9. The highest BCUT2D eigenvalue weighted by Crippen LogP contribution is 2.18. The number of nitrogens with one attached hydrogen (secondary N) is 2. The van der Waals surface area contributed by atoms with Crippen LogP contribution in [0.3, 0.4) is 0 Å². The molecule has 0 heterocycles. The summed E-state index contributed by atoms with van der Waals surface area (Å²) < 4.78 is 0. The second-order valence-corrected chi connectivity index (χ2v) is 5.16. The van der Waals surface area contributed by atoms with Gasteiger partial charge >= 0.3 is 0 Å². The van der Waals surface area contributed by atoms with Gasteiger partial charge in [-0.2, -0.15) is 5.10 Å². The van der Waals surface area contributed by atoms with Gasteiger partial charge in [0.05, 0.1) is 17.0 Å². The molecule has 7 heteroatoms. The number of aryl methyl sites for hydroxylation is 1. The van der Waals surface area contributed by atoms with E-state index in [1.54, 1.807) is 24.3 Å². The molecule has 0 aromatic heterocycles. The summed E-state index contributed by atoms with van der Waals surface area (Å²) in [4.78, 5) is 22.1. The lowest BCUT2D eigenvalue weighted by Crippen LogP contribution is -2.25. The smallest absolute Gasteiger partial charge is 0.276 e. The fourth-order valence-corrected chi connectivity index (χ4v) is 2.08. The monoisotopic (exact) mass is 338 g/mol. The Morgan fingerprint density at radius 2 is 1.92 bits per heavy atom. The largest absolute Gasteiger partial charge is 0.376 e. The molecule has 0 saturated heterocycles. The van der Waals surface area contributed by atoms with Crippen molar-refractivity contribution in [3.05, 3.63) is 75.8 Å². The minimum absolute atomic E-state index is 0.0126. The molecular weight excluding hydrogens is 320 g/mol. The first-order valence-corrected chi connectivity index (χ1v) is 7.59. The van der Waals surface area contributed by atoms with E-state index in [4.69, 9.17) is 0 Å².